The fraction of sp³-hybridized carbons (Fsp3) is 0.200. The van der Waals surface area contributed by atoms with Gasteiger partial charge < -0.3 is 9.27 Å². The zero-order chi connectivity index (χ0) is 9.97. The first kappa shape index (κ1) is 9.69. The highest BCUT2D eigenvalue weighted by Gasteiger charge is 2.01. The van der Waals surface area contributed by atoms with Gasteiger partial charge in [-0.15, -0.1) is 11.6 Å². The molecule has 0 aliphatic heterocycles. The number of hydrogen-bond donors (Lipinski definition) is 1. The average Bonchev–Trinajstić information content (AvgIpc) is 2.59. The molecule has 0 unspecified atom stereocenters. The highest BCUT2D eigenvalue weighted by atomic mass is 35.5. The normalized spacial score (nSPS) is 10.7. The second kappa shape index (κ2) is 4.11. The SMILES string of the molecule is ClCCc1cc2ccc(OCl)cc2[nH]1. The van der Waals surface area contributed by atoms with Crippen LogP contribution >= 0.6 is 23.5 Å². The van der Waals surface area contributed by atoms with Crippen molar-refractivity contribution in [2.75, 3.05) is 5.88 Å². The number of H-pyrrole nitrogens is 1. The minimum atomic E-state index is 0.617. The van der Waals surface area contributed by atoms with E-state index in [1.165, 1.54) is 0 Å². The van der Waals surface area contributed by atoms with Crippen LogP contribution in [0.1, 0.15) is 5.69 Å². The van der Waals surface area contributed by atoms with Crippen LogP contribution in [0.4, 0.5) is 0 Å². The van der Waals surface area contributed by atoms with Crippen molar-refractivity contribution in [2.45, 2.75) is 6.42 Å². The molecule has 0 radical (unpaired) electrons. The maximum Gasteiger partial charge on any atom is 0.148 e. The summed E-state index contributed by atoms with van der Waals surface area (Å²) in [6.45, 7) is 0. The third-order valence-corrected chi connectivity index (χ3v) is 2.47. The molecule has 1 heterocycles. The lowest BCUT2D eigenvalue weighted by atomic mass is 10.2. The molecule has 1 aromatic heterocycles. The number of halogens is 2. The van der Waals surface area contributed by atoms with Gasteiger partial charge in [0, 0.05) is 29.6 Å². The number of aryl methyl sites for hydroxylation is 1. The summed E-state index contributed by atoms with van der Waals surface area (Å²) in [4.78, 5) is 3.25. The van der Waals surface area contributed by atoms with Gasteiger partial charge in [0.05, 0.1) is 0 Å². The van der Waals surface area contributed by atoms with Crippen molar-refractivity contribution in [3.63, 3.8) is 0 Å². The molecule has 4 heteroatoms. The maximum atomic E-state index is 5.66. The Bertz CT molecular complexity index is 439. The molecule has 0 amide bonds. The molecule has 2 aromatic rings. The third-order valence-electron chi connectivity index (χ3n) is 2.10. The van der Waals surface area contributed by atoms with E-state index < -0.39 is 0 Å². The minimum Gasteiger partial charge on any atom is -0.386 e. The minimum absolute atomic E-state index is 0.617. The van der Waals surface area contributed by atoms with Crippen molar-refractivity contribution in [2.24, 2.45) is 0 Å². The van der Waals surface area contributed by atoms with Crippen molar-refractivity contribution < 1.29 is 4.29 Å². The first-order chi connectivity index (χ1) is 6.83. The fourth-order valence-electron chi connectivity index (χ4n) is 1.45. The molecule has 0 saturated heterocycles. The molecule has 0 spiro atoms. The fourth-order valence-corrected chi connectivity index (χ4v) is 1.75. The van der Waals surface area contributed by atoms with Crippen molar-refractivity contribution in [1.29, 1.82) is 0 Å². The van der Waals surface area contributed by atoms with Crippen molar-refractivity contribution in [1.82, 2.24) is 4.98 Å². The predicted molar refractivity (Wildman–Crippen MR) is 59.2 cm³/mol. The summed E-state index contributed by atoms with van der Waals surface area (Å²) in [6.07, 6.45) is 0.841. The molecule has 1 aromatic carbocycles. The van der Waals surface area contributed by atoms with Crippen LogP contribution in [0.5, 0.6) is 5.75 Å². The molecule has 2 rings (SSSR count). The van der Waals surface area contributed by atoms with Crippen LogP contribution in [0, 0.1) is 0 Å². The average molecular weight is 230 g/mol. The van der Waals surface area contributed by atoms with Gasteiger partial charge in [0.2, 0.25) is 0 Å². The Labute approximate surface area is 91.9 Å². The Kier molecular flexibility index (Phi) is 2.85. The van der Waals surface area contributed by atoms with Gasteiger partial charge in [-0.05, 0) is 23.6 Å². The molecule has 2 nitrogen and oxygen atoms in total. The van der Waals surface area contributed by atoms with E-state index in [-0.39, 0.29) is 0 Å². The van der Waals surface area contributed by atoms with Crippen LogP contribution in [0.15, 0.2) is 24.3 Å². The zero-order valence-corrected chi connectivity index (χ0v) is 8.90. The number of aromatic amines is 1. The third kappa shape index (κ3) is 1.81. The van der Waals surface area contributed by atoms with Crippen molar-refractivity contribution in [3.8, 4) is 5.75 Å². The lowest BCUT2D eigenvalue weighted by Gasteiger charge is -1.94. The van der Waals surface area contributed by atoms with Gasteiger partial charge in [-0.2, -0.15) is 0 Å². The Hall–Kier alpha value is -0.860. The highest BCUT2D eigenvalue weighted by Crippen LogP contribution is 2.22. The van der Waals surface area contributed by atoms with E-state index in [1.807, 2.05) is 18.2 Å². The quantitative estimate of drug-likeness (QED) is 0.802. The smallest absolute Gasteiger partial charge is 0.148 e. The Balaban J connectivity index is 2.43. The van der Waals surface area contributed by atoms with Gasteiger partial charge in [-0.25, -0.2) is 0 Å². The molecule has 0 bridgehead atoms. The van der Waals surface area contributed by atoms with E-state index in [2.05, 4.69) is 15.3 Å². The zero-order valence-electron chi connectivity index (χ0n) is 7.39. The number of benzene rings is 1. The highest BCUT2D eigenvalue weighted by molar-refractivity contribution is 6.18. The summed E-state index contributed by atoms with van der Waals surface area (Å²) < 4.78 is 4.62. The molecule has 0 atom stereocenters. The van der Waals surface area contributed by atoms with Gasteiger partial charge in [-0.1, -0.05) is 0 Å². The van der Waals surface area contributed by atoms with Gasteiger partial charge in [0.25, 0.3) is 0 Å². The van der Waals surface area contributed by atoms with Gasteiger partial charge in [-0.3, -0.25) is 0 Å². The molecular weight excluding hydrogens is 221 g/mol. The van der Waals surface area contributed by atoms with Crippen LogP contribution in [0.3, 0.4) is 0 Å². The summed E-state index contributed by atoms with van der Waals surface area (Å²) in [5.74, 6) is 1.25. The summed E-state index contributed by atoms with van der Waals surface area (Å²) in [7, 11) is 0. The summed E-state index contributed by atoms with van der Waals surface area (Å²) >= 11 is 10.9. The Morgan fingerprint density at radius 2 is 2.14 bits per heavy atom. The molecule has 74 valence electrons. The Morgan fingerprint density at radius 3 is 2.86 bits per heavy atom. The van der Waals surface area contributed by atoms with E-state index in [4.69, 9.17) is 23.5 Å². The van der Waals surface area contributed by atoms with Crippen LogP contribution < -0.4 is 4.29 Å². The number of fused-ring (bicyclic) bond motifs is 1. The van der Waals surface area contributed by atoms with Crippen molar-refractivity contribution >= 4 is 34.4 Å². The van der Waals surface area contributed by atoms with E-state index in [0.29, 0.717) is 11.6 Å². The summed E-state index contributed by atoms with van der Waals surface area (Å²) in [5.41, 5.74) is 2.14. The topological polar surface area (TPSA) is 25.0 Å². The lowest BCUT2D eigenvalue weighted by Crippen LogP contribution is -1.83. The van der Waals surface area contributed by atoms with Gasteiger partial charge in [0.1, 0.15) is 17.6 Å². The molecule has 0 fully saturated rings. The largest absolute Gasteiger partial charge is 0.386 e. The van der Waals surface area contributed by atoms with Crippen LogP contribution in [0.25, 0.3) is 10.9 Å². The lowest BCUT2D eigenvalue weighted by molar-refractivity contribution is 0.620. The number of hydrogen-bond acceptors (Lipinski definition) is 1. The number of nitrogens with one attached hydrogen (secondary N) is 1. The van der Waals surface area contributed by atoms with Crippen LogP contribution in [0.2, 0.25) is 0 Å². The molecule has 14 heavy (non-hydrogen) atoms. The number of aromatic nitrogens is 1. The maximum absolute atomic E-state index is 5.66. The molecule has 0 saturated carbocycles. The van der Waals surface area contributed by atoms with E-state index in [1.54, 1.807) is 0 Å². The Morgan fingerprint density at radius 1 is 1.29 bits per heavy atom. The summed E-state index contributed by atoms with van der Waals surface area (Å²) in [6, 6.07) is 7.73. The standard InChI is InChI=1S/C10H9Cl2NO/c11-4-3-8-5-7-1-2-9(14-12)6-10(7)13-8/h1-2,5-6,13H,3-4H2. The molecular formula is C10H9Cl2NO. The van der Waals surface area contributed by atoms with Crippen LogP contribution in [-0.4, -0.2) is 10.9 Å². The predicted octanol–water partition coefficient (Wildman–Crippen LogP) is 3.48. The second-order valence-electron chi connectivity index (χ2n) is 3.06. The van der Waals surface area contributed by atoms with E-state index >= 15 is 0 Å². The first-order valence-electron chi connectivity index (χ1n) is 4.29. The molecule has 1 N–H and O–H groups in total. The number of rotatable bonds is 3. The molecule has 0 aliphatic rings. The van der Waals surface area contributed by atoms with E-state index in [0.717, 1.165) is 23.0 Å². The van der Waals surface area contributed by atoms with Gasteiger partial charge in [0.15, 0.2) is 0 Å². The molecule has 0 aliphatic carbocycles. The van der Waals surface area contributed by atoms with Gasteiger partial charge >= 0.3 is 0 Å². The summed E-state index contributed by atoms with van der Waals surface area (Å²) in [5, 5.41) is 1.14. The first-order valence-corrected chi connectivity index (χ1v) is 5.14. The number of alkyl halides is 1. The monoisotopic (exact) mass is 229 g/mol. The van der Waals surface area contributed by atoms with E-state index in [9.17, 15) is 0 Å². The van der Waals surface area contributed by atoms with Crippen LogP contribution in [-0.2, 0) is 6.42 Å². The van der Waals surface area contributed by atoms with Crippen molar-refractivity contribution in [3.05, 3.63) is 30.0 Å². The second-order valence-corrected chi connectivity index (χ2v) is 3.59.